The highest BCUT2D eigenvalue weighted by Gasteiger charge is 2.42. The van der Waals surface area contributed by atoms with E-state index in [1.54, 1.807) is 0 Å². The fourth-order valence-electron chi connectivity index (χ4n) is 4.34. The van der Waals surface area contributed by atoms with Crippen LogP contribution in [0.3, 0.4) is 0 Å². The monoisotopic (exact) mass is 375 g/mol. The summed E-state index contributed by atoms with van der Waals surface area (Å²) in [5.74, 6) is 1.33. The molecule has 1 aromatic carbocycles. The predicted octanol–water partition coefficient (Wildman–Crippen LogP) is 2.91. The lowest BCUT2D eigenvalue weighted by atomic mass is 9.98. The Morgan fingerprint density at radius 1 is 1.30 bits per heavy atom. The fourth-order valence-corrected chi connectivity index (χ4v) is 4.89. The highest BCUT2D eigenvalue weighted by Crippen LogP contribution is 2.37. The summed E-state index contributed by atoms with van der Waals surface area (Å²) in [7, 11) is 0. The number of likely N-dealkylation sites (tertiary alicyclic amines) is 1. The van der Waals surface area contributed by atoms with Crippen molar-refractivity contribution in [2.75, 3.05) is 13.1 Å². The van der Waals surface area contributed by atoms with Crippen molar-refractivity contribution in [1.29, 1.82) is 0 Å². The van der Waals surface area contributed by atoms with E-state index in [0.717, 1.165) is 40.6 Å². The van der Waals surface area contributed by atoms with Gasteiger partial charge >= 0.3 is 0 Å². The molecule has 1 saturated carbocycles. The maximum absolute atomic E-state index is 12.8. The van der Waals surface area contributed by atoms with Crippen LogP contribution in [0.2, 0.25) is 0 Å². The van der Waals surface area contributed by atoms with Gasteiger partial charge in [0.25, 0.3) is 0 Å². The van der Waals surface area contributed by atoms with Crippen molar-refractivity contribution in [1.82, 2.24) is 9.47 Å². The van der Waals surface area contributed by atoms with Gasteiger partial charge in [-0.2, -0.15) is 0 Å². The number of carbonyl (C=O) groups is 1. The molecule has 2 aromatic rings. The second-order valence-electron chi connectivity index (χ2n) is 6.97. The third kappa shape index (κ3) is 2.41. The molecule has 5 heteroatoms. The summed E-state index contributed by atoms with van der Waals surface area (Å²) in [5.41, 5.74) is 8.41. The van der Waals surface area contributed by atoms with Gasteiger partial charge in [0.2, 0.25) is 5.91 Å². The zero-order chi connectivity index (χ0) is 16.1. The van der Waals surface area contributed by atoms with Crippen LogP contribution in [0.1, 0.15) is 18.5 Å². The Hall–Kier alpha value is -1.33. The van der Waals surface area contributed by atoms with Gasteiger partial charge in [-0.05, 0) is 53.6 Å². The number of aromatic nitrogens is 1. The molecule has 1 aliphatic heterocycles. The summed E-state index contributed by atoms with van der Waals surface area (Å²) >= 11 is 3.66. The van der Waals surface area contributed by atoms with Crippen LogP contribution < -0.4 is 5.73 Å². The second kappa shape index (κ2) is 5.64. The lowest BCUT2D eigenvalue weighted by molar-refractivity contribution is -0.131. The molecule has 3 atom stereocenters. The minimum atomic E-state index is 0.211. The number of nitrogens with two attached hydrogens (primary N) is 1. The molecule has 4 nitrogen and oxygen atoms in total. The third-order valence-corrected chi connectivity index (χ3v) is 6.71. The van der Waals surface area contributed by atoms with Crippen LogP contribution in [0.25, 0.3) is 10.9 Å². The first-order chi connectivity index (χ1) is 11.1. The van der Waals surface area contributed by atoms with E-state index in [9.17, 15) is 4.79 Å². The van der Waals surface area contributed by atoms with Gasteiger partial charge in [-0.1, -0.05) is 18.2 Å². The van der Waals surface area contributed by atoms with Crippen molar-refractivity contribution in [3.05, 3.63) is 34.4 Å². The molecule has 0 spiro atoms. The molecule has 1 aliphatic carbocycles. The first-order valence-corrected chi connectivity index (χ1v) is 9.12. The summed E-state index contributed by atoms with van der Waals surface area (Å²) in [6.45, 7) is 4.19. The molecule has 23 heavy (non-hydrogen) atoms. The Labute approximate surface area is 144 Å². The first-order valence-electron chi connectivity index (χ1n) is 8.33. The Balaban J connectivity index is 1.57. The van der Waals surface area contributed by atoms with Crippen LogP contribution in [0.5, 0.6) is 0 Å². The SMILES string of the molecule is Cc1c(Br)c2ccccc2n1CC(=O)N1CC2CCC(N)C2C1. The van der Waals surface area contributed by atoms with Crippen LogP contribution in [0, 0.1) is 18.8 Å². The highest BCUT2D eigenvalue weighted by molar-refractivity contribution is 9.10. The summed E-state index contributed by atoms with van der Waals surface area (Å²) in [5, 5.41) is 1.16. The molecule has 2 heterocycles. The van der Waals surface area contributed by atoms with E-state index in [0.29, 0.717) is 18.4 Å². The van der Waals surface area contributed by atoms with Crippen molar-refractivity contribution in [2.24, 2.45) is 17.6 Å². The molecule has 1 saturated heterocycles. The summed E-state index contributed by atoms with van der Waals surface area (Å²) in [4.78, 5) is 14.8. The lowest BCUT2D eigenvalue weighted by Crippen LogP contribution is -2.35. The van der Waals surface area contributed by atoms with Gasteiger partial charge in [0.15, 0.2) is 0 Å². The molecule has 1 aromatic heterocycles. The average molecular weight is 376 g/mol. The van der Waals surface area contributed by atoms with Gasteiger partial charge in [0.05, 0.1) is 0 Å². The van der Waals surface area contributed by atoms with Crippen molar-refractivity contribution in [3.8, 4) is 0 Å². The van der Waals surface area contributed by atoms with E-state index in [1.807, 2.05) is 17.0 Å². The maximum atomic E-state index is 12.8. The van der Waals surface area contributed by atoms with Gasteiger partial charge < -0.3 is 15.2 Å². The molecule has 4 rings (SSSR count). The van der Waals surface area contributed by atoms with Crippen LogP contribution >= 0.6 is 15.9 Å². The minimum absolute atomic E-state index is 0.211. The van der Waals surface area contributed by atoms with Crippen LogP contribution in [-0.4, -0.2) is 34.5 Å². The number of halogens is 1. The molecule has 0 radical (unpaired) electrons. The van der Waals surface area contributed by atoms with Gasteiger partial charge in [0.1, 0.15) is 6.54 Å². The Morgan fingerprint density at radius 2 is 2.09 bits per heavy atom. The Morgan fingerprint density at radius 3 is 2.87 bits per heavy atom. The standard InChI is InChI=1S/C18H22BrN3O/c1-11-18(19)13-4-2-3-5-16(13)22(11)10-17(23)21-8-12-6-7-15(20)14(12)9-21/h2-5,12,14-15H,6-10,20H2,1H3. The first kappa shape index (κ1) is 15.2. The number of nitrogens with zero attached hydrogens (tertiary/aromatic N) is 2. The van der Waals surface area contributed by atoms with Crippen LogP contribution in [0.4, 0.5) is 0 Å². The summed E-state index contributed by atoms with van der Waals surface area (Å²) in [6.07, 6.45) is 2.29. The van der Waals surface area contributed by atoms with Gasteiger partial charge in [-0.15, -0.1) is 0 Å². The van der Waals surface area contributed by atoms with Crippen molar-refractivity contribution >= 4 is 32.7 Å². The Kier molecular flexibility index (Phi) is 3.73. The van der Waals surface area contributed by atoms with E-state index in [4.69, 9.17) is 5.73 Å². The number of hydrogen-bond donors (Lipinski definition) is 1. The number of carbonyl (C=O) groups excluding carboxylic acids is 1. The van der Waals surface area contributed by atoms with Crippen molar-refractivity contribution in [2.45, 2.75) is 32.4 Å². The molecule has 2 N–H and O–H groups in total. The van der Waals surface area contributed by atoms with Crippen molar-refractivity contribution in [3.63, 3.8) is 0 Å². The predicted molar refractivity (Wildman–Crippen MR) is 95.1 cm³/mol. The highest BCUT2D eigenvalue weighted by atomic mass is 79.9. The number of benzene rings is 1. The molecule has 1 amide bonds. The van der Waals surface area contributed by atoms with E-state index < -0.39 is 0 Å². The molecule has 2 fully saturated rings. The number of hydrogen-bond acceptors (Lipinski definition) is 2. The normalized spacial score (nSPS) is 26.9. The average Bonchev–Trinajstić information content (AvgIpc) is 3.19. The quantitative estimate of drug-likeness (QED) is 0.876. The molecule has 3 unspecified atom stereocenters. The van der Waals surface area contributed by atoms with E-state index in [1.165, 1.54) is 6.42 Å². The topological polar surface area (TPSA) is 51.3 Å². The molecule has 0 bridgehead atoms. The van der Waals surface area contributed by atoms with Gasteiger partial charge in [0, 0.05) is 40.2 Å². The number of amides is 1. The molecular formula is C18H22BrN3O. The molecule has 122 valence electrons. The van der Waals surface area contributed by atoms with E-state index in [-0.39, 0.29) is 11.9 Å². The van der Waals surface area contributed by atoms with Crippen molar-refractivity contribution < 1.29 is 4.79 Å². The zero-order valence-electron chi connectivity index (χ0n) is 13.3. The van der Waals surface area contributed by atoms with Crippen LogP contribution in [0.15, 0.2) is 28.7 Å². The second-order valence-corrected chi connectivity index (χ2v) is 7.76. The third-order valence-electron chi connectivity index (χ3n) is 5.71. The maximum Gasteiger partial charge on any atom is 0.242 e. The van der Waals surface area contributed by atoms with E-state index in [2.05, 4.69) is 39.6 Å². The minimum Gasteiger partial charge on any atom is -0.341 e. The van der Waals surface area contributed by atoms with Crippen LogP contribution in [-0.2, 0) is 11.3 Å². The summed E-state index contributed by atoms with van der Waals surface area (Å²) in [6, 6.07) is 8.50. The van der Waals surface area contributed by atoms with Gasteiger partial charge in [-0.3, -0.25) is 4.79 Å². The van der Waals surface area contributed by atoms with E-state index >= 15 is 0 Å². The largest absolute Gasteiger partial charge is 0.341 e. The van der Waals surface area contributed by atoms with Gasteiger partial charge in [-0.25, -0.2) is 0 Å². The Bertz CT molecular complexity index is 769. The molecular weight excluding hydrogens is 354 g/mol. The molecule has 2 aliphatic rings. The number of fused-ring (bicyclic) bond motifs is 2. The lowest BCUT2D eigenvalue weighted by Gasteiger charge is -2.20. The smallest absolute Gasteiger partial charge is 0.242 e. The number of para-hydroxylation sites is 1. The summed E-state index contributed by atoms with van der Waals surface area (Å²) < 4.78 is 3.21. The zero-order valence-corrected chi connectivity index (χ0v) is 14.9. The fraction of sp³-hybridized carbons (Fsp3) is 0.500. The number of rotatable bonds is 2.